The summed E-state index contributed by atoms with van der Waals surface area (Å²) < 4.78 is 5.41. The number of fused-ring (bicyclic) bond motifs is 1. The molecule has 2 heterocycles. The van der Waals surface area contributed by atoms with E-state index < -0.39 is 23.8 Å². The number of nitrogens with one attached hydrogen (secondary N) is 1. The number of carbonyl (C=O) groups excluding carboxylic acids is 1. The van der Waals surface area contributed by atoms with Gasteiger partial charge >= 0.3 is 11.7 Å². The van der Waals surface area contributed by atoms with Gasteiger partial charge in [-0.3, -0.25) is 14.6 Å². The highest BCUT2D eigenvalue weighted by molar-refractivity contribution is 5.70. The Bertz CT molecular complexity index is 703. The number of hydrogen-bond donors (Lipinski definition) is 1. The van der Waals surface area contributed by atoms with Gasteiger partial charge in [-0.25, -0.2) is 19.3 Å². The van der Waals surface area contributed by atoms with Crippen LogP contribution in [-0.4, -0.2) is 32.1 Å². The Hall–Kier alpha value is -2.51. The van der Waals surface area contributed by atoms with Crippen molar-refractivity contribution in [3.63, 3.8) is 0 Å². The van der Waals surface area contributed by atoms with E-state index in [2.05, 4.69) is 19.7 Å². The first kappa shape index (κ1) is 12.0. The van der Waals surface area contributed by atoms with E-state index in [1.807, 2.05) is 0 Å². The molecule has 18 heavy (non-hydrogen) atoms. The van der Waals surface area contributed by atoms with E-state index in [0.717, 1.165) is 4.57 Å². The minimum Gasteiger partial charge on any atom is -0.465 e. The van der Waals surface area contributed by atoms with E-state index in [4.69, 9.17) is 0 Å². The van der Waals surface area contributed by atoms with E-state index in [0.29, 0.717) is 0 Å². The first-order valence-electron chi connectivity index (χ1n) is 5.23. The minimum absolute atomic E-state index is 0.00129. The average Bonchev–Trinajstić information content (AvgIpc) is 2.35. The van der Waals surface area contributed by atoms with E-state index in [1.54, 1.807) is 6.92 Å². The van der Waals surface area contributed by atoms with Crippen LogP contribution in [0.1, 0.15) is 6.92 Å². The van der Waals surface area contributed by atoms with Gasteiger partial charge in [-0.05, 0) is 6.92 Å². The van der Waals surface area contributed by atoms with Gasteiger partial charge in [-0.1, -0.05) is 0 Å². The van der Waals surface area contributed by atoms with Crippen LogP contribution in [0.25, 0.3) is 11.2 Å². The van der Waals surface area contributed by atoms with Crippen LogP contribution in [0.5, 0.6) is 0 Å². The summed E-state index contributed by atoms with van der Waals surface area (Å²) in [6.45, 7) is 1.37. The van der Waals surface area contributed by atoms with Gasteiger partial charge in [0.25, 0.3) is 5.56 Å². The molecule has 8 heteroatoms. The summed E-state index contributed by atoms with van der Waals surface area (Å²) in [5.74, 6) is -0.659. The lowest BCUT2D eigenvalue weighted by Crippen LogP contribution is -2.38. The third-order valence-electron chi connectivity index (χ3n) is 2.21. The highest BCUT2D eigenvalue weighted by Gasteiger charge is 2.12. The van der Waals surface area contributed by atoms with Crippen molar-refractivity contribution in [1.29, 1.82) is 0 Å². The molecule has 2 rings (SSSR count). The molecule has 0 unspecified atom stereocenters. The molecule has 2 aromatic rings. The Morgan fingerprint density at radius 3 is 2.83 bits per heavy atom. The average molecular weight is 250 g/mol. The summed E-state index contributed by atoms with van der Waals surface area (Å²) >= 11 is 0. The third-order valence-corrected chi connectivity index (χ3v) is 2.21. The lowest BCUT2D eigenvalue weighted by Gasteiger charge is -2.04. The molecule has 1 N–H and O–H groups in total. The van der Waals surface area contributed by atoms with E-state index >= 15 is 0 Å². The standard InChI is InChI=1S/C10H10N4O4/c1-2-18-6(15)5-14-9(16)7-8(13-10(14)17)12-4-3-11-7/h3-4H,2,5H2,1H3,(H,12,13,17). The molecule has 0 aliphatic rings. The molecule has 0 saturated heterocycles. The van der Waals surface area contributed by atoms with Gasteiger partial charge < -0.3 is 4.74 Å². The summed E-state index contributed by atoms with van der Waals surface area (Å²) in [5.41, 5.74) is -1.30. The van der Waals surface area contributed by atoms with Crippen LogP contribution >= 0.6 is 0 Å². The van der Waals surface area contributed by atoms with Crippen molar-refractivity contribution in [1.82, 2.24) is 19.5 Å². The van der Waals surface area contributed by atoms with Crippen LogP contribution in [-0.2, 0) is 16.1 Å². The third kappa shape index (κ3) is 2.12. The Kier molecular flexibility index (Phi) is 3.18. The molecule has 0 saturated carbocycles. The molecule has 0 fully saturated rings. The monoisotopic (exact) mass is 250 g/mol. The van der Waals surface area contributed by atoms with Gasteiger partial charge in [0, 0.05) is 12.4 Å². The number of aromatic nitrogens is 4. The number of esters is 1. The quantitative estimate of drug-likeness (QED) is 0.703. The van der Waals surface area contributed by atoms with Crippen molar-refractivity contribution in [2.45, 2.75) is 13.5 Å². The Labute approximate surface area is 100 Å². The molecule has 0 amide bonds. The predicted octanol–water partition coefficient (Wildman–Crippen LogP) is -0.957. The fourth-order valence-electron chi connectivity index (χ4n) is 1.45. The predicted molar refractivity (Wildman–Crippen MR) is 61.1 cm³/mol. The first-order chi connectivity index (χ1) is 8.63. The van der Waals surface area contributed by atoms with Crippen LogP contribution in [0.15, 0.2) is 22.0 Å². The molecule has 94 valence electrons. The highest BCUT2D eigenvalue weighted by Crippen LogP contribution is 1.94. The summed E-state index contributed by atoms with van der Waals surface area (Å²) in [7, 11) is 0. The van der Waals surface area contributed by atoms with Crippen LogP contribution in [0.3, 0.4) is 0 Å². The number of aromatic amines is 1. The molecule has 2 aromatic heterocycles. The number of carbonyl (C=O) groups is 1. The van der Waals surface area contributed by atoms with Gasteiger partial charge in [0.1, 0.15) is 6.54 Å². The van der Waals surface area contributed by atoms with Crippen molar-refractivity contribution in [3.05, 3.63) is 33.2 Å². The summed E-state index contributed by atoms with van der Waals surface area (Å²) in [6, 6.07) is 0. The molecule has 0 radical (unpaired) electrons. The van der Waals surface area contributed by atoms with Crippen LogP contribution in [0.4, 0.5) is 0 Å². The molecule has 0 aliphatic carbocycles. The summed E-state index contributed by atoms with van der Waals surface area (Å²) in [4.78, 5) is 44.8. The molecule has 0 aromatic carbocycles. The maximum Gasteiger partial charge on any atom is 0.330 e. The minimum atomic E-state index is -0.721. The molecule has 0 atom stereocenters. The van der Waals surface area contributed by atoms with Crippen LogP contribution < -0.4 is 11.2 Å². The molecule has 0 bridgehead atoms. The fourth-order valence-corrected chi connectivity index (χ4v) is 1.45. The SMILES string of the molecule is CCOC(=O)Cn1c(=O)[nH]c2nccnc2c1=O. The Morgan fingerprint density at radius 1 is 1.39 bits per heavy atom. The number of rotatable bonds is 3. The maximum absolute atomic E-state index is 11.9. The zero-order valence-electron chi connectivity index (χ0n) is 9.54. The van der Waals surface area contributed by atoms with E-state index in [1.165, 1.54) is 12.4 Å². The molecule has 0 aliphatic heterocycles. The molecule has 0 spiro atoms. The lowest BCUT2D eigenvalue weighted by molar-refractivity contribution is -0.143. The second-order valence-corrected chi connectivity index (χ2v) is 3.38. The number of hydrogen-bond acceptors (Lipinski definition) is 6. The first-order valence-corrected chi connectivity index (χ1v) is 5.23. The lowest BCUT2D eigenvalue weighted by atomic mass is 10.5. The second-order valence-electron chi connectivity index (χ2n) is 3.38. The van der Waals surface area contributed by atoms with Gasteiger partial charge in [0.15, 0.2) is 11.2 Å². The van der Waals surface area contributed by atoms with Gasteiger partial charge in [-0.15, -0.1) is 0 Å². The molecular weight excluding hydrogens is 240 g/mol. The van der Waals surface area contributed by atoms with Crippen molar-refractivity contribution in [2.75, 3.05) is 6.61 Å². The fraction of sp³-hybridized carbons (Fsp3) is 0.300. The number of H-pyrrole nitrogens is 1. The van der Waals surface area contributed by atoms with Crippen LogP contribution in [0.2, 0.25) is 0 Å². The van der Waals surface area contributed by atoms with E-state index in [9.17, 15) is 14.4 Å². The maximum atomic E-state index is 11.9. The largest absolute Gasteiger partial charge is 0.465 e. The Morgan fingerprint density at radius 2 is 2.11 bits per heavy atom. The molecular formula is C10H10N4O4. The van der Waals surface area contributed by atoms with Crippen molar-refractivity contribution < 1.29 is 9.53 Å². The van der Waals surface area contributed by atoms with Gasteiger partial charge in [0.2, 0.25) is 0 Å². The number of nitrogens with zero attached hydrogens (tertiary/aromatic N) is 3. The van der Waals surface area contributed by atoms with Crippen molar-refractivity contribution in [2.24, 2.45) is 0 Å². The topological polar surface area (TPSA) is 107 Å². The zero-order valence-corrected chi connectivity index (χ0v) is 9.54. The number of ether oxygens (including phenoxy) is 1. The van der Waals surface area contributed by atoms with Crippen molar-refractivity contribution >= 4 is 17.1 Å². The van der Waals surface area contributed by atoms with Crippen molar-refractivity contribution in [3.8, 4) is 0 Å². The highest BCUT2D eigenvalue weighted by atomic mass is 16.5. The van der Waals surface area contributed by atoms with Crippen LogP contribution in [0, 0.1) is 0 Å². The normalized spacial score (nSPS) is 10.5. The zero-order chi connectivity index (χ0) is 13.1. The Balaban J connectivity index is 2.55. The summed E-state index contributed by atoms with van der Waals surface area (Å²) in [6.07, 6.45) is 2.68. The molecule has 8 nitrogen and oxygen atoms in total. The smallest absolute Gasteiger partial charge is 0.330 e. The van der Waals surface area contributed by atoms with E-state index in [-0.39, 0.29) is 17.8 Å². The van der Waals surface area contributed by atoms with Gasteiger partial charge in [0.05, 0.1) is 6.61 Å². The second kappa shape index (κ2) is 4.78. The van der Waals surface area contributed by atoms with Gasteiger partial charge in [-0.2, -0.15) is 0 Å². The summed E-state index contributed by atoms with van der Waals surface area (Å²) in [5, 5.41) is 0.